The van der Waals surface area contributed by atoms with E-state index in [0.29, 0.717) is 0 Å². The van der Waals surface area contributed by atoms with Crippen molar-refractivity contribution in [2.75, 3.05) is 18.9 Å². The molecule has 0 bridgehead atoms. The van der Waals surface area contributed by atoms with Gasteiger partial charge in [-0.05, 0) is 18.2 Å². The maximum Gasteiger partial charge on any atom is 0.337 e. The molecule has 0 heterocycles. The van der Waals surface area contributed by atoms with E-state index in [-0.39, 0.29) is 46.4 Å². The number of nitrogens with one attached hydrogen (secondary N) is 1. The summed E-state index contributed by atoms with van der Waals surface area (Å²) in [7, 11) is 2.35. The van der Waals surface area contributed by atoms with Crippen LogP contribution in [0, 0.1) is 0 Å². The number of ether oxygens (including phenoxy) is 2. The van der Waals surface area contributed by atoms with E-state index >= 15 is 0 Å². The first kappa shape index (κ1) is 18.1. The molecule has 0 fully saturated rings. The van der Waals surface area contributed by atoms with Gasteiger partial charge in [-0.2, -0.15) is 0 Å². The number of benzene rings is 1. The zero-order valence-electron chi connectivity index (χ0n) is 10.6. The smallest absolute Gasteiger partial charge is 0.337 e. The molecule has 99 valence electrons. The molecule has 19 heavy (non-hydrogen) atoms. The van der Waals surface area contributed by atoms with Crippen molar-refractivity contribution in [2.45, 2.75) is 0 Å². The van der Waals surface area contributed by atoms with Crippen molar-refractivity contribution in [1.82, 2.24) is 0 Å². The van der Waals surface area contributed by atoms with E-state index in [4.69, 9.17) is 0 Å². The number of esters is 2. The summed E-state index contributed by atoms with van der Waals surface area (Å²) in [6.45, 7) is 0. The minimum atomic E-state index is -2.57. The molecule has 0 spiro atoms. The molecule has 1 aromatic carbocycles. The van der Waals surface area contributed by atoms with Crippen molar-refractivity contribution in [3.8, 4) is 0 Å². The van der Waals surface area contributed by atoms with E-state index in [1.54, 1.807) is 0 Å². The summed E-state index contributed by atoms with van der Waals surface area (Å²) in [5.74, 6) is -1.39. The summed E-state index contributed by atoms with van der Waals surface area (Å²) in [6, 6.07) is 3.73. The molecule has 0 aliphatic carbocycles. The number of hydrogen-bond acceptors (Lipinski definition) is 6. The molecule has 1 N–H and O–H groups in total. The molecule has 1 unspecified atom stereocenters. The van der Waals surface area contributed by atoms with Gasteiger partial charge in [-0.3, -0.25) is 4.21 Å². The van der Waals surface area contributed by atoms with Crippen molar-refractivity contribution >= 4 is 58.4 Å². The molecule has 9 heteroatoms. The Balaban J connectivity index is 0.00000324. The summed E-state index contributed by atoms with van der Waals surface area (Å²) in [5, 5.41) is 0. The standard InChI is InChI=1S/C10H11NO6S.Na/c1-16-9(12)6-3-7(10(13)17-2)5-8(4-6)11-18(14)15;/h3-5,11H,1-2H3,(H,14,15);/p-1. The molecule has 1 rings (SSSR count). The summed E-state index contributed by atoms with van der Waals surface area (Å²) >= 11 is -2.57. The van der Waals surface area contributed by atoms with Gasteiger partial charge in [-0.25, -0.2) is 9.59 Å². The fraction of sp³-hybridized carbons (Fsp3) is 0.200. The van der Waals surface area contributed by atoms with Gasteiger partial charge in [-0.1, -0.05) is 0 Å². The Bertz CT molecular complexity index is 473. The van der Waals surface area contributed by atoms with Gasteiger partial charge in [0.2, 0.25) is 0 Å². The van der Waals surface area contributed by atoms with Gasteiger partial charge >= 0.3 is 11.9 Å². The molecular formula is C10H10NNaO6S-. The molecule has 0 saturated carbocycles. The molecule has 1 atom stereocenters. The van der Waals surface area contributed by atoms with Crippen LogP contribution in [0.5, 0.6) is 0 Å². The first-order valence-corrected chi connectivity index (χ1v) is 5.73. The van der Waals surface area contributed by atoms with Crippen LogP contribution in [0.3, 0.4) is 0 Å². The maximum absolute atomic E-state index is 11.4. The van der Waals surface area contributed by atoms with Crippen molar-refractivity contribution in [2.24, 2.45) is 0 Å². The van der Waals surface area contributed by atoms with Crippen LogP contribution >= 0.6 is 0 Å². The van der Waals surface area contributed by atoms with Gasteiger partial charge < -0.3 is 18.7 Å². The number of methoxy groups -OCH3 is 2. The summed E-state index contributed by atoms with van der Waals surface area (Å²) in [6.07, 6.45) is 0. The predicted molar refractivity (Wildman–Crippen MR) is 67.4 cm³/mol. The summed E-state index contributed by atoms with van der Waals surface area (Å²) in [5.41, 5.74) is 0.133. The average Bonchev–Trinajstić information content (AvgIpc) is 2.35. The predicted octanol–water partition coefficient (Wildman–Crippen LogP) is 0.0850. The van der Waals surface area contributed by atoms with Gasteiger partial charge in [0.15, 0.2) is 0 Å². The number of carbonyl (C=O) groups is 2. The van der Waals surface area contributed by atoms with Crippen molar-refractivity contribution in [3.63, 3.8) is 0 Å². The molecule has 1 radical (unpaired) electrons. The quantitative estimate of drug-likeness (QED) is 0.479. The van der Waals surface area contributed by atoms with Gasteiger partial charge in [0.1, 0.15) is 0 Å². The normalized spacial score (nSPS) is 10.9. The molecule has 0 aromatic heterocycles. The zero-order valence-corrected chi connectivity index (χ0v) is 13.4. The molecule has 0 saturated heterocycles. The van der Waals surface area contributed by atoms with Crippen LogP contribution < -0.4 is 4.72 Å². The monoisotopic (exact) mass is 295 g/mol. The summed E-state index contributed by atoms with van der Waals surface area (Å²) in [4.78, 5) is 22.7. The second-order valence-corrected chi connectivity index (χ2v) is 3.79. The van der Waals surface area contributed by atoms with Crippen LogP contribution in [0.4, 0.5) is 5.69 Å². The SMILES string of the molecule is COC(=O)c1cc(NS(=O)[O-])cc(C(=O)OC)c1.[Na]. The Kier molecular flexibility index (Phi) is 7.88. The summed E-state index contributed by atoms with van der Waals surface area (Å²) < 4.78 is 32.1. The Morgan fingerprint density at radius 2 is 1.53 bits per heavy atom. The molecule has 7 nitrogen and oxygen atoms in total. The average molecular weight is 295 g/mol. The number of anilines is 1. The van der Waals surface area contributed by atoms with Crippen LogP contribution in [0.15, 0.2) is 18.2 Å². The van der Waals surface area contributed by atoms with E-state index < -0.39 is 23.2 Å². The topological polar surface area (TPSA) is 105 Å². The third-order valence-electron chi connectivity index (χ3n) is 1.98. The van der Waals surface area contributed by atoms with E-state index in [1.807, 2.05) is 4.72 Å². The maximum atomic E-state index is 11.4. The van der Waals surface area contributed by atoms with Crippen LogP contribution in [-0.4, -0.2) is 64.5 Å². The third kappa shape index (κ3) is 5.29. The van der Waals surface area contributed by atoms with Gasteiger partial charge in [0.25, 0.3) is 0 Å². The van der Waals surface area contributed by atoms with Crippen LogP contribution in [-0.2, 0) is 20.7 Å². The Morgan fingerprint density at radius 3 is 1.84 bits per heavy atom. The van der Waals surface area contributed by atoms with Crippen molar-refractivity contribution < 1.29 is 27.8 Å². The van der Waals surface area contributed by atoms with E-state index in [2.05, 4.69) is 9.47 Å². The number of carbonyl (C=O) groups excluding carboxylic acids is 2. The van der Waals surface area contributed by atoms with Gasteiger partial charge in [0, 0.05) is 46.5 Å². The zero-order chi connectivity index (χ0) is 13.7. The van der Waals surface area contributed by atoms with Gasteiger partial charge in [0.05, 0.1) is 25.3 Å². The second-order valence-electron chi connectivity index (χ2n) is 3.12. The van der Waals surface area contributed by atoms with E-state index in [0.717, 1.165) is 0 Å². The van der Waals surface area contributed by atoms with Gasteiger partial charge in [-0.15, -0.1) is 0 Å². The first-order valence-electron chi connectivity index (χ1n) is 4.65. The Morgan fingerprint density at radius 1 is 1.11 bits per heavy atom. The minimum Gasteiger partial charge on any atom is -0.755 e. The van der Waals surface area contributed by atoms with Crippen molar-refractivity contribution in [3.05, 3.63) is 29.3 Å². The number of hydrogen-bond donors (Lipinski definition) is 1. The third-order valence-corrected chi connectivity index (χ3v) is 2.38. The van der Waals surface area contributed by atoms with Crippen LogP contribution in [0.25, 0.3) is 0 Å². The first-order chi connectivity index (χ1) is 8.47. The Labute approximate surface area is 134 Å². The van der Waals surface area contributed by atoms with Crippen molar-refractivity contribution in [1.29, 1.82) is 0 Å². The molecule has 0 amide bonds. The fourth-order valence-corrected chi connectivity index (χ4v) is 1.56. The Hall–Kier alpha value is -0.930. The van der Waals surface area contributed by atoms with E-state index in [9.17, 15) is 18.4 Å². The molecule has 0 aliphatic heterocycles. The minimum absolute atomic E-state index is 0. The molecular weight excluding hydrogens is 285 g/mol. The van der Waals surface area contributed by atoms with E-state index in [1.165, 1.54) is 32.4 Å². The van der Waals surface area contributed by atoms with Crippen LogP contribution in [0.1, 0.15) is 20.7 Å². The second kappa shape index (κ2) is 8.28. The largest absolute Gasteiger partial charge is 0.755 e. The molecule has 0 aliphatic rings. The number of rotatable bonds is 4. The fourth-order valence-electron chi connectivity index (χ4n) is 1.25. The molecule has 1 aromatic rings. The van der Waals surface area contributed by atoms with Crippen LogP contribution in [0.2, 0.25) is 0 Å².